The Kier molecular flexibility index (Phi) is 5.09. The highest BCUT2D eigenvalue weighted by atomic mass is 35.5. The second kappa shape index (κ2) is 7.34. The Balaban J connectivity index is 0.00000168. The van der Waals surface area contributed by atoms with Gasteiger partial charge in [0.1, 0.15) is 0 Å². The minimum atomic E-state index is 0. The van der Waals surface area contributed by atoms with Crippen LogP contribution in [-0.2, 0) is 12.8 Å². The van der Waals surface area contributed by atoms with Crippen molar-refractivity contribution in [2.75, 3.05) is 26.2 Å². The van der Waals surface area contributed by atoms with Crippen molar-refractivity contribution in [1.82, 2.24) is 10.2 Å². The predicted molar refractivity (Wildman–Crippen MR) is 109 cm³/mol. The van der Waals surface area contributed by atoms with Crippen LogP contribution in [0.25, 0.3) is 10.4 Å². The van der Waals surface area contributed by atoms with Crippen molar-refractivity contribution < 1.29 is 4.79 Å². The van der Waals surface area contributed by atoms with Gasteiger partial charge in [-0.05, 0) is 73.4 Å². The number of hydrogen-bond acceptors (Lipinski definition) is 3. The zero-order valence-electron chi connectivity index (χ0n) is 14.9. The monoisotopic (exact) mass is 388 g/mol. The van der Waals surface area contributed by atoms with Gasteiger partial charge in [0.15, 0.2) is 0 Å². The standard InChI is InChI=1S/C21H24N2OS.ClH/c24-21(23-9-7-16-12-22-13-17(16)8-10-23)19-11-15-6-5-14-3-1-2-4-18(14)20(15)25-19;/h1-4,11,16-17,22H,5-10,12-13H2;1H/t16-,17+;. The van der Waals surface area contributed by atoms with Crippen molar-refractivity contribution in [2.45, 2.75) is 25.7 Å². The molecule has 2 aromatic rings. The molecule has 2 atom stereocenters. The summed E-state index contributed by atoms with van der Waals surface area (Å²) in [5.41, 5.74) is 4.12. The van der Waals surface area contributed by atoms with E-state index in [0.29, 0.717) is 0 Å². The zero-order chi connectivity index (χ0) is 16.8. The lowest BCUT2D eigenvalue weighted by Gasteiger charge is -2.20. The van der Waals surface area contributed by atoms with Crippen LogP contribution in [-0.4, -0.2) is 37.0 Å². The van der Waals surface area contributed by atoms with E-state index >= 15 is 0 Å². The van der Waals surface area contributed by atoms with E-state index in [-0.39, 0.29) is 18.3 Å². The Morgan fingerprint density at radius 2 is 1.73 bits per heavy atom. The molecule has 1 amide bonds. The summed E-state index contributed by atoms with van der Waals surface area (Å²) in [6.07, 6.45) is 4.45. The third kappa shape index (κ3) is 3.08. The first-order valence-corrected chi connectivity index (χ1v) is 10.3. The molecule has 1 aromatic heterocycles. The summed E-state index contributed by atoms with van der Waals surface area (Å²) in [6, 6.07) is 10.8. The predicted octanol–water partition coefficient (Wildman–Crippen LogP) is 4.01. The van der Waals surface area contributed by atoms with E-state index in [1.54, 1.807) is 11.3 Å². The number of benzene rings is 1. The van der Waals surface area contributed by atoms with Crippen LogP contribution in [0.5, 0.6) is 0 Å². The highest BCUT2D eigenvalue weighted by Crippen LogP contribution is 2.40. The lowest BCUT2D eigenvalue weighted by atomic mass is 9.91. The van der Waals surface area contributed by atoms with Crippen LogP contribution in [0.2, 0.25) is 0 Å². The molecule has 0 radical (unpaired) electrons. The van der Waals surface area contributed by atoms with Gasteiger partial charge in [0.25, 0.3) is 5.91 Å². The van der Waals surface area contributed by atoms with Crippen LogP contribution in [0, 0.1) is 11.8 Å². The van der Waals surface area contributed by atoms with Crippen LogP contribution < -0.4 is 5.32 Å². The smallest absolute Gasteiger partial charge is 0.263 e. The molecule has 0 bridgehead atoms. The van der Waals surface area contributed by atoms with Crippen molar-refractivity contribution in [3.63, 3.8) is 0 Å². The molecule has 2 aliphatic heterocycles. The molecule has 5 rings (SSSR count). The van der Waals surface area contributed by atoms with Crippen LogP contribution in [0.3, 0.4) is 0 Å². The van der Waals surface area contributed by atoms with Crippen LogP contribution in [0.4, 0.5) is 0 Å². The van der Waals surface area contributed by atoms with Gasteiger partial charge in [-0.3, -0.25) is 4.79 Å². The molecule has 26 heavy (non-hydrogen) atoms. The second-order valence-electron chi connectivity index (χ2n) is 7.67. The topological polar surface area (TPSA) is 32.3 Å². The van der Waals surface area contributed by atoms with Crippen LogP contribution in [0.1, 0.15) is 33.6 Å². The number of thiophene rings is 1. The number of carbonyl (C=O) groups is 1. The molecule has 0 unspecified atom stereocenters. The maximum atomic E-state index is 13.1. The van der Waals surface area contributed by atoms with Gasteiger partial charge in [-0.15, -0.1) is 23.7 Å². The van der Waals surface area contributed by atoms with Crippen LogP contribution in [0.15, 0.2) is 30.3 Å². The van der Waals surface area contributed by atoms with Crippen molar-refractivity contribution in [3.8, 4) is 10.4 Å². The number of amides is 1. The molecule has 1 N–H and O–H groups in total. The minimum Gasteiger partial charge on any atom is -0.338 e. The quantitative estimate of drug-likeness (QED) is 0.800. The highest BCUT2D eigenvalue weighted by molar-refractivity contribution is 7.17. The molecule has 138 valence electrons. The van der Waals surface area contributed by atoms with E-state index in [2.05, 4.69) is 40.5 Å². The second-order valence-corrected chi connectivity index (χ2v) is 8.72. The van der Waals surface area contributed by atoms with Crippen molar-refractivity contribution in [3.05, 3.63) is 46.3 Å². The molecule has 3 nitrogen and oxygen atoms in total. The first kappa shape index (κ1) is 18.0. The van der Waals surface area contributed by atoms with Crippen molar-refractivity contribution in [2.24, 2.45) is 11.8 Å². The van der Waals surface area contributed by atoms with E-state index in [0.717, 1.165) is 68.6 Å². The molecule has 3 heterocycles. The van der Waals surface area contributed by atoms with Gasteiger partial charge >= 0.3 is 0 Å². The molecular weight excluding hydrogens is 364 g/mol. The third-order valence-electron chi connectivity index (χ3n) is 6.25. The minimum absolute atomic E-state index is 0. The fourth-order valence-corrected chi connectivity index (χ4v) is 5.99. The van der Waals surface area contributed by atoms with Gasteiger partial charge in [0.05, 0.1) is 4.88 Å². The lowest BCUT2D eigenvalue weighted by molar-refractivity contribution is 0.0763. The summed E-state index contributed by atoms with van der Waals surface area (Å²) >= 11 is 1.70. The molecule has 1 aromatic carbocycles. The highest BCUT2D eigenvalue weighted by Gasteiger charge is 2.32. The van der Waals surface area contributed by atoms with Crippen molar-refractivity contribution >= 4 is 29.7 Å². The summed E-state index contributed by atoms with van der Waals surface area (Å²) < 4.78 is 0. The van der Waals surface area contributed by atoms with Crippen molar-refractivity contribution in [1.29, 1.82) is 0 Å². The van der Waals surface area contributed by atoms with E-state index in [4.69, 9.17) is 0 Å². The molecule has 3 aliphatic rings. The van der Waals surface area contributed by atoms with Gasteiger partial charge in [-0.25, -0.2) is 0 Å². The Bertz CT molecular complexity index is 804. The summed E-state index contributed by atoms with van der Waals surface area (Å²) in [4.78, 5) is 17.5. The Labute approximate surface area is 165 Å². The van der Waals surface area contributed by atoms with Gasteiger partial charge < -0.3 is 10.2 Å². The Hall–Kier alpha value is -1.36. The number of nitrogens with zero attached hydrogens (tertiary/aromatic N) is 1. The van der Waals surface area contributed by atoms with Gasteiger partial charge in [0, 0.05) is 18.0 Å². The fraction of sp³-hybridized carbons (Fsp3) is 0.476. The molecule has 5 heteroatoms. The summed E-state index contributed by atoms with van der Waals surface area (Å²) in [5.74, 6) is 1.78. The first-order valence-electron chi connectivity index (χ1n) is 9.50. The Morgan fingerprint density at radius 3 is 2.50 bits per heavy atom. The number of aryl methyl sites for hydroxylation is 2. The number of fused-ring (bicyclic) bond motifs is 4. The molecule has 2 saturated heterocycles. The van der Waals surface area contributed by atoms with Crippen LogP contribution >= 0.6 is 23.7 Å². The molecule has 1 aliphatic carbocycles. The SMILES string of the molecule is Cl.O=C(c1cc2c(s1)-c1ccccc1CC2)N1CC[C@@H]2CNC[C@@H]2CC1. The molecule has 0 spiro atoms. The normalized spacial score (nSPS) is 24.1. The first-order chi connectivity index (χ1) is 12.3. The number of rotatable bonds is 1. The van der Waals surface area contributed by atoms with E-state index in [1.807, 2.05) is 0 Å². The number of likely N-dealkylation sites (tertiary alicyclic amines) is 1. The average Bonchev–Trinajstić information content (AvgIpc) is 3.24. The maximum Gasteiger partial charge on any atom is 0.263 e. The van der Waals surface area contributed by atoms with E-state index in [9.17, 15) is 4.79 Å². The van der Waals surface area contributed by atoms with E-state index < -0.39 is 0 Å². The van der Waals surface area contributed by atoms with Gasteiger partial charge in [-0.1, -0.05) is 24.3 Å². The molecule has 0 saturated carbocycles. The lowest BCUT2D eigenvalue weighted by Crippen LogP contribution is -2.32. The van der Waals surface area contributed by atoms with Gasteiger partial charge in [0.2, 0.25) is 0 Å². The number of hydrogen-bond donors (Lipinski definition) is 1. The van der Waals surface area contributed by atoms with E-state index in [1.165, 1.54) is 21.6 Å². The summed E-state index contributed by atoms with van der Waals surface area (Å²) in [6.45, 7) is 4.11. The summed E-state index contributed by atoms with van der Waals surface area (Å²) in [5, 5.41) is 3.51. The molecular formula is C21H25ClN2OS. The largest absolute Gasteiger partial charge is 0.338 e. The Morgan fingerprint density at radius 1 is 1.04 bits per heavy atom. The average molecular weight is 389 g/mol. The number of halogens is 1. The summed E-state index contributed by atoms with van der Waals surface area (Å²) in [7, 11) is 0. The number of nitrogens with one attached hydrogen (secondary N) is 1. The molecule has 2 fully saturated rings. The fourth-order valence-electron chi connectivity index (χ4n) is 4.75. The number of carbonyl (C=O) groups excluding carboxylic acids is 1. The zero-order valence-corrected chi connectivity index (χ0v) is 16.5. The maximum absolute atomic E-state index is 13.1. The van der Waals surface area contributed by atoms with Gasteiger partial charge in [-0.2, -0.15) is 0 Å². The third-order valence-corrected chi connectivity index (χ3v) is 7.45.